The summed E-state index contributed by atoms with van der Waals surface area (Å²) in [7, 11) is -1.40. The third-order valence-electron chi connectivity index (χ3n) is 3.14. The second-order valence-electron chi connectivity index (χ2n) is 5.67. The van der Waals surface area contributed by atoms with Crippen LogP contribution >= 0.6 is 24.0 Å². The van der Waals surface area contributed by atoms with Crippen LogP contribution < -0.4 is 15.4 Å². The molecule has 0 radical (unpaired) electrons. The Balaban J connectivity index is 0. The van der Waals surface area contributed by atoms with Crippen LogP contribution in [-0.4, -0.2) is 46.3 Å². The number of nitrogens with zero attached hydrogens (tertiary/aromatic N) is 1. The van der Waals surface area contributed by atoms with Gasteiger partial charge >= 0.3 is 0 Å². The highest BCUT2D eigenvalue weighted by molar-refractivity contribution is 14.0. The highest BCUT2D eigenvalue weighted by atomic mass is 127. The van der Waals surface area contributed by atoms with Crippen LogP contribution in [0.15, 0.2) is 4.99 Å². The molecule has 0 aliphatic rings. The van der Waals surface area contributed by atoms with Gasteiger partial charge in [0.2, 0.25) is 10.0 Å². The Bertz CT molecular complexity index is 400. The minimum atomic E-state index is -3.12. The van der Waals surface area contributed by atoms with Crippen LogP contribution in [0, 0.1) is 5.92 Å². The molecule has 6 nitrogen and oxygen atoms in total. The van der Waals surface area contributed by atoms with E-state index in [4.69, 9.17) is 0 Å². The quantitative estimate of drug-likeness (QED) is 0.207. The summed E-state index contributed by atoms with van der Waals surface area (Å²) in [6.45, 7) is 9.09. The van der Waals surface area contributed by atoms with Crippen molar-refractivity contribution in [2.24, 2.45) is 10.9 Å². The molecule has 0 aromatic heterocycles. The summed E-state index contributed by atoms with van der Waals surface area (Å²) in [5.74, 6) is 1.55. The first-order valence-electron chi connectivity index (χ1n) is 7.75. The predicted molar refractivity (Wildman–Crippen MR) is 106 cm³/mol. The number of hydrogen-bond donors (Lipinski definition) is 3. The smallest absolute Gasteiger partial charge is 0.211 e. The number of nitrogens with one attached hydrogen (secondary N) is 3. The maximum atomic E-state index is 11.3. The van der Waals surface area contributed by atoms with Crippen LogP contribution in [0.4, 0.5) is 0 Å². The maximum Gasteiger partial charge on any atom is 0.211 e. The van der Waals surface area contributed by atoms with Crippen LogP contribution in [0.1, 0.15) is 47.0 Å². The van der Waals surface area contributed by atoms with Crippen molar-refractivity contribution in [3.63, 3.8) is 0 Å². The van der Waals surface area contributed by atoms with E-state index in [1.807, 2.05) is 0 Å². The van der Waals surface area contributed by atoms with Gasteiger partial charge in [-0.15, -0.1) is 24.0 Å². The highest BCUT2D eigenvalue weighted by Crippen LogP contribution is 2.07. The first-order chi connectivity index (χ1) is 9.80. The molecule has 3 N–H and O–H groups in total. The molecule has 0 amide bonds. The molecule has 0 bridgehead atoms. The van der Waals surface area contributed by atoms with Gasteiger partial charge in [0.1, 0.15) is 0 Å². The third kappa shape index (κ3) is 13.6. The van der Waals surface area contributed by atoms with E-state index in [-0.39, 0.29) is 29.7 Å². The molecule has 0 spiro atoms. The topological polar surface area (TPSA) is 82.6 Å². The maximum absolute atomic E-state index is 11.3. The van der Waals surface area contributed by atoms with Gasteiger partial charge in [0, 0.05) is 26.2 Å². The molecular formula is C14H33IN4O2S. The summed E-state index contributed by atoms with van der Waals surface area (Å²) in [6.07, 6.45) is 3.53. The lowest BCUT2D eigenvalue weighted by molar-refractivity contribution is 0.491. The van der Waals surface area contributed by atoms with Crippen molar-refractivity contribution in [3.05, 3.63) is 0 Å². The molecule has 0 rings (SSSR count). The highest BCUT2D eigenvalue weighted by Gasteiger charge is 2.07. The minimum absolute atomic E-state index is 0. The van der Waals surface area contributed by atoms with Crippen molar-refractivity contribution in [1.29, 1.82) is 0 Å². The Hall–Kier alpha value is -0.0900. The van der Waals surface area contributed by atoms with Crippen LogP contribution in [-0.2, 0) is 10.0 Å². The van der Waals surface area contributed by atoms with Crippen molar-refractivity contribution >= 4 is 40.0 Å². The molecule has 0 aromatic carbocycles. The molecule has 8 heteroatoms. The first-order valence-corrected chi connectivity index (χ1v) is 9.40. The predicted octanol–water partition coefficient (Wildman–Crippen LogP) is 1.92. The molecule has 0 aromatic rings. The van der Waals surface area contributed by atoms with E-state index in [1.54, 1.807) is 14.0 Å². The fourth-order valence-electron chi connectivity index (χ4n) is 1.82. The van der Waals surface area contributed by atoms with E-state index in [2.05, 4.69) is 41.1 Å². The molecular weight excluding hydrogens is 415 g/mol. The van der Waals surface area contributed by atoms with Crippen LogP contribution in [0.5, 0.6) is 0 Å². The van der Waals surface area contributed by atoms with Gasteiger partial charge in [-0.1, -0.05) is 26.7 Å². The van der Waals surface area contributed by atoms with Crippen molar-refractivity contribution in [2.45, 2.75) is 53.0 Å². The summed E-state index contributed by atoms with van der Waals surface area (Å²) < 4.78 is 25.1. The molecule has 134 valence electrons. The fraction of sp³-hybridized carbons (Fsp3) is 0.929. The zero-order valence-corrected chi connectivity index (χ0v) is 17.6. The summed E-state index contributed by atoms with van der Waals surface area (Å²) in [5, 5.41) is 6.42. The van der Waals surface area contributed by atoms with E-state index in [9.17, 15) is 8.42 Å². The van der Waals surface area contributed by atoms with E-state index in [0.717, 1.165) is 12.3 Å². The van der Waals surface area contributed by atoms with E-state index in [1.165, 1.54) is 12.8 Å². The van der Waals surface area contributed by atoms with Gasteiger partial charge in [-0.05, 0) is 26.2 Å². The molecule has 0 saturated heterocycles. The Morgan fingerprint density at radius 2 is 1.77 bits per heavy atom. The molecule has 0 saturated carbocycles. The average molecular weight is 448 g/mol. The summed E-state index contributed by atoms with van der Waals surface area (Å²) in [5.41, 5.74) is 0. The third-order valence-corrected chi connectivity index (χ3v) is 4.55. The Morgan fingerprint density at radius 1 is 1.14 bits per heavy atom. The zero-order chi connectivity index (χ0) is 16.3. The van der Waals surface area contributed by atoms with Gasteiger partial charge in [-0.3, -0.25) is 4.99 Å². The zero-order valence-electron chi connectivity index (χ0n) is 14.5. The van der Waals surface area contributed by atoms with Crippen LogP contribution in [0.2, 0.25) is 0 Å². The monoisotopic (exact) mass is 448 g/mol. The SMILES string of the molecule is CCS(=O)(=O)NCCNC(=NC)NC(C)CCCC(C)C.I. The van der Waals surface area contributed by atoms with Crippen molar-refractivity contribution in [3.8, 4) is 0 Å². The second-order valence-corrected chi connectivity index (χ2v) is 7.76. The number of rotatable bonds is 10. The number of sulfonamides is 1. The second kappa shape index (κ2) is 13.4. The number of aliphatic imine (C=N–C) groups is 1. The van der Waals surface area contributed by atoms with E-state index in [0.29, 0.717) is 25.1 Å². The van der Waals surface area contributed by atoms with E-state index >= 15 is 0 Å². The van der Waals surface area contributed by atoms with Gasteiger partial charge in [-0.25, -0.2) is 13.1 Å². The van der Waals surface area contributed by atoms with Crippen molar-refractivity contribution < 1.29 is 8.42 Å². The normalized spacial score (nSPS) is 13.6. The Morgan fingerprint density at radius 3 is 2.27 bits per heavy atom. The number of guanidine groups is 1. The summed E-state index contributed by atoms with van der Waals surface area (Å²) in [6, 6.07) is 0.349. The van der Waals surface area contributed by atoms with E-state index < -0.39 is 10.0 Å². The molecule has 22 heavy (non-hydrogen) atoms. The summed E-state index contributed by atoms with van der Waals surface area (Å²) in [4.78, 5) is 4.14. The number of halogens is 1. The molecule has 1 atom stereocenters. The van der Waals surface area contributed by atoms with Crippen molar-refractivity contribution in [1.82, 2.24) is 15.4 Å². The molecule has 1 unspecified atom stereocenters. The van der Waals surface area contributed by atoms with Crippen LogP contribution in [0.25, 0.3) is 0 Å². The number of hydrogen-bond acceptors (Lipinski definition) is 3. The van der Waals surface area contributed by atoms with Gasteiger partial charge in [0.15, 0.2) is 5.96 Å². The average Bonchev–Trinajstić information content (AvgIpc) is 2.41. The molecule has 0 fully saturated rings. The fourth-order valence-corrected chi connectivity index (χ4v) is 2.44. The Kier molecular flexibility index (Phi) is 14.7. The minimum Gasteiger partial charge on any atom is -0.355 e. The lowest BCUT2D eigenvalue weighted by atomic mass is 10.0. The van der Waals surface area contributed by atoms with Crippen LogP contribution in [0.3, 0.4) is 0 Å². The van der Waals surface area contributed by atoms with Crippen molar-refractivity contribution in [2.75, 3.05) is 25.9 Å². The summed E-state index contributed by atoms with van der Waals surface area (Å²) >= 11 is 0. The largest absolute Gasteiger partial charge is 0.355 e. The molecule has 0 heterocycles. The molecule has 0 aliphatic carbocycles. The first kappa shape index (κ1) is 24.2. The van der Waals surface area contributed by atoms with Gasteiger partial charge in [0.05, 0.1) is 5.75 Å². The van der Waals surface area contributed by atoms with Gasteiger partial charge in [0.25, 0.3) is 0 Å². The lowest BCUT2D eigenvalue weighted by Gasteiger charge is -2.18. The standard InChI is InChI=1S/C14H32N4O2S.HI/c1-6-21(19,20)17-11-10-16-14(15-5)18-13(4)9-7-8-12(2)3;/h12-13,17H,6-11H2,1-5H3,(H2,15,16,18);1H. The Labute approximate surface area is 153 Å². The lowest BCUT2D eigenvalue weighted by Crippen LogP contribution is -2.44. The van der Waals surface area contributed by atoms with Gasteiger partial charge in [-0.2, -0.15) is 0 Å². The molecule has 0 aliphatic heterocycles. The van der Waals surface area contributed by atoms with Gasteiger partial charge < -0.3 is 10.6 Å².